The molecule has 0 amide bonds. The van der Waals surface area contributed by atoms with Crippen LogP contribution in [-0.4, -0.2) is 54.3 Å². The van der Waals surface area contributed by atoms with Crippen molar-refractivity contribution in [2.24, 2.45) is 5.92 Å². The number of benzene rings is 1. The Morgan fingerprint density at radius 1 is 1.37 bits per heavy atom. The second kappa shape index (κ2) is 7.26. The van der Waals surface area contributed by atoms with Crippen LogP contribution in [-0.2, 0) is 6.54 Å². The number of carboxylic acid groups (broad SMARTS) is 1. The predicted molar refractivity (Wildman–Crippen MR) is 99.6 cm³/mol. The molecular formula is C19H23F2N3O3. The Labute approximate surface area is 155 Å². The van der Waals surface area contributed by atoms with Gasteiger partial charge in [-0.1, -0.05) is 0 Å². The molecule has 1 N–H and O–H groups in total. The highest BCUT2D eigenvalue weighted by Gasteiger charge is 2.30. The van der Waals surface area contributed by atoms with Gasteiger partial charge in [-0.05, 0) is 39.4 Å². The van der Waals surface area contributed by atoms with Crippen LogP contribution in [0.25, 0.3) is 10.9 Å². The highest BCUT2D eigenvalue weighted by atomic mass is 19.1. The summed E-state index contributed by atoms with van der Waals surface area (Å²) in [5, 5.41) is 8.95. The number of aromatic nitrogens is 1. The van der Waals surface area contributed by atoms with Gasteiger partial charge in [-0.25, -0.2) is 13.6 Å². The van der Waals surface area contributed by atoms with Crippen LogP contribution >= 0.6 is 0 Å². The van der Waals surface area contributed by atoms with Crippen LogP contribution in [0.3, 0.4) is 0 Å². The quantitative estimate of drug-likeness (QED) is 0.864. The summed E-state index contributed by atoms with van der Waals surface area (Å²) in [5.41, 5.74) is -1.57. The number of carbonyl (C=O) groups is 1. The molecule has 0 aliphatic carbocycles. The molecule has 1 fully saturated rings. The maximum Gasteiger partial charge on any atom is 0.341 e. The number of anilines is 1. The monoisotopic (exact) mass is 379 g/mol. The van der Waals surface area contributed by atoms with Crippen molar-refractivity contribution in [1.82, 2.24) is 9.47 Å². The molecule has 8 heteroatoms. The molecule has 0 saturated carbocycles. The molecule has 1 aromatic carbocycles. The molecule has 6 nitrogen and oxygen atoms in total. The standard InChI is InChI=1S/C19H23F2N3O3/c1-4-23-10-13(19(26)27)18(25)12-7-14(20)17(15(21)16(12)23)24-6-5-11(9-24)8-22(2)3/h7,10-11H,4-6,8-9H2,1-3H3,(H,26,27). The number of halogens is 2. The zero-order chi connectivity index (χ0) is 19.9. The maximum atomic E-state index is 15.3. The van der Waals surface area contributed by atoms with Gasteiger partial charge in [0.05, 0.1) is 10.9 Å². The summed E-state index contributed by atoms with van der Waals surface area (Å²) in [4.78, 5) is 27.4. The summed E-state index contributed by atoms with van der Waals surface area (Å²) in [6.45, 7) is 3.85. The number of aryl methyl sites for hydroxylation is 1. The van der Waals surface area contributed by atoms with Gasteiger partial charge in [-0.3, -0.25) is 4.79 Å². The Hall–Kier alpha value is -2.48. The van der Waals surface area contributed by atoms with Crippen LogP contribution in [0.15, 0.2) is 17.1 Å². The fraction of sp³-hybridized carbons (Fsp3) is 0.474. The summed E-state index contributed by atoms with van der Waals surface area (Å²) < 4.78 is 31.5. The third-order valence-electron chi connectivity index (χ3n) is 5.03. The van der Waals surface area contributed by atoms with Gasteiger partial charge in [-0.15, -0.1) is 0 Å². The van der Waals surface area contributed by atoms with E-state index < -0.39 is 28.6 Å². The van der Waals surface area contributed by atoms with Gasteiger partial charge >= 0.3 is 5.97 Å². The first kappa shape index (κ1) is 19.3. The van der Waals surface area contributed by atoms with Gasteiger partial charge in [0, 0.05) is 32.4 Å². The highest BCUT2D eigenvalue weighted by Crippen LogP contribution is 2.33. The fourth-order valence-corrected chi connectivity index (χ4v) is 3.87. The van der Waals surface area contributed by atoms with Crippen LogP contribution in [0.4, 0.5) is 14.5 Å². The predicted octanol–water partition coefficient (Wildman–Crippen LogP) is 2.39. The number of rotatable bonds is 5. The summed E-state index contributed by atoms with van der Waals surface area (Å²) in [6, 6.07) is 0.966. The van der Waals surface area contributed by atoms with E-state index in [1.165, 1.54) is 4.57 Å². The lowest BCUT2D eigenvalue weighted by Gasteiger charge is -2.23. The Bertz CT molecular complexity index is 956. The molecule has 1 atom stereocenters. The van der Waals surface area contributed by atoms with Crippen molar-refractivity contribution in [2.45, 2.75) is 19.9 Å². The van der Waals surface area contributed by atoms with Crippen LogP contribution in [0, 0.1) is 17.6 Å². The van der Waals surface area contributed by atoms with E-state index in [9.17, 15) is 19.1 Å². The topological polar surface area (TPSA) is 65.8 Å². The molecule has 0 spiro atoms. The molecule has 0 bridgehead atoms. The highest BCUT2D eigenvalue weighted by molar-refractivity contribution is 5.93. The van der Waals surface area contributed by atoms with Crippen molar-refractivity contribution in [3.05, 3.63) is 39.7 Å². The lowest BCUT2D eigenvalue weighted by molar-refractivity contribution is 0.0695. The molecule has 1 saturated heterocycles. The first-order valence-corrected chi connectivity index (χ1v) is 8.92. The van der Waals surface area contributed by atoms with E-state index >= 15 is 4.39 Å². The largest absolute Gasteiger partial charge is 0.477 e. The number of pyridine rings is 1. The van der Waals surface area contributed by atoms with E-state index in [1.54, 1.807) is 11.8 Å². The van der Waals surface area contributed by atoms with E-state index in [0.717, 1.165) is 25.2 Å². The number of nitrogens with zero attached hydrogens (tertiary/aromatic N) is 3. The Morgan fingerprint density at radius 3 is 2.67 bits per heavy atom. The molecule has 0 radical (unpaired) electrons. The van der Waals surface area contributed by atoms with Crippen molar-refractivity contribution in [1.29, 1.82) is 0 Å². The summed E-state index contributed by atoms with van der Waals surface area (Å²) in [6.07, 6.45) is 1.95. The smallest absolute Gasteiger partial charge is 0.341 e. The van der Waals surface area contributed by atoms with E-state index in [4.69, 9.17) is 0 Å². The molecule has 1 aliphatic rings. The van der Waals surface area contributed by atoms with E-state index in [-0.39, 0.29) is 23.1 Å². The second-order valence-electron chi connectivity index (χ2n) is 7.24. The van der Waals surface area contributed by atoms with Crippen molar-refractivity contribution in [3.8, 4) is 0 Å². The van der Waals surface area contributed by atoms with E-state index in [0.29, 0.717) is 19.0 Å². The SMILES string of the molecule is CCn1cc(C(=O)O)c(=O)c2cc(F)c(N3CCC(CN(C)C)C3)c(F)c21. The van der Waals surface area contributed by atoms with Gasteiger partial charge in [0.1, 0.15) is 17.1 Å². The average molecular weight is 379 g/mol. The average Bonchev–Trinajstić information content (AvgIpc) is 3.02. The van der Waals surface area contributed by atoms with Crippen molar-refractivity contribution in [3.63, 3.8) is 0 Å². The summed E-state index contributed by atoms with van der Waals surface area (Å²) >= 11 is 0. The van der Waals surface area contributed by atoms with Crippen LogP contribution < -0.4 is 10.3 Å². The Morgan fingerprint density at radius 2 is 2.07 bits per heavy atom. The molecule has 3 rings (SSSR count). The van der Waals surface area contributed by atoms with Crippen LogP contribution in [0.1, 0.15) is 23.7 Å². The summed E-state index contributed by atoms with van der Waals surface area (Å²) in [5.74, 6) is -2.77. The third kappa shape index (κ3) is 3.41. The molecular weight excluding hydrogens is 356 g/mol. The van der Waals surface area contributed by atoms with Crippen molar-refractivity contribution in [2.75, 3.05) is 38.6 Å². The van der Waals surface area contributed by atoms with Gasteiger partial charge in [0.2, 0.25) is 5.43 Å². The van der Waals surface area contributed by atoms with Gasteiger partial charge in [0.25, 0.3) is 0 Å². The first-order chi connectivity index (χ1) is 12.7. The number of fused-ring (bicyclic) bond motifs is 1. The van der Waals surface area contributed by atoms with Gasteiger partial charge < -0.3 is 19.5 Å². The Balaban J connectivity index is 2.16. The normalized spacial score (nSPS) is 17.3. The van der Waals surface area contributed by atoms with Gasteiger partial charge in [0.15, 0.2) is 5.82 Å². The minimum Gasteiger partial charge on any atom is -0.477 e. The molecule has 2 aromatic rings. The molecule has 2 heterocycles. The Kier molecular flexibility index (Phi) is 5.19. The second-order valence-corrected chi connectivity index (χ2v) is 7.24. The van der Waals surface area contributed by atoms with Crippen molar-refractivity contribution >= 4 is 22.6 Å². The molecule has 146 valence electrons. The van der Waals surface area contributed by atoms with Gasteiger partial charge in [-0.2, -0.15) is 0 Å². The van der Waals surface area contributed by atoms with Crippen molar-refractivity contribution < 1.29 is 18.7 Å². The van der Waals surface area contributed by atoms with Crippen LogP contribution in [0.5, 0.6) is 0 Å². The van der Waals surface area contributed by atoms with E-state index in [2.05, 4.69) is 0 Å². The molecule has 1 aromatic heterocycles. The number of hydrogen-bond acceptors (Lipinski definition) is 4. The maximum absolute atomic E-state index is 15.3. The minimum atomic E-state index is -1.42. The molecule has 1 aliphatic heterocycles. The third-order valence-corrected chi connectivity index (χ3v) is 5.03. The molecule has 27 heavy (non-hydrogen) atoms. The van der Waals surface area contributed by atoms with E-state index in [1.807, 2.05) is 19.0 Å². The number of carboxylic acids is 1. The molecule has 1 unspecified atom stereocenters. The minimum absolute atomic E-state index is 0.0556. The first-order valence-electron chi connectivity index (χ1n) is 8.92. The van der Waals surface area contributed by atoms with Crippen LogP contribution in [0.2, 0.25) is 0 Å². The lowest BCUT2D eigenvalue weighted by Crippen LogP contribution is -2.27. The zero-order valence-electron chi connectivity index (χ0n) is 15.6. The number of hydrogen-bond donors (Lipinski definition) is 1. The zero-order valence-corrected chi connectivity index (χ0v) is 15.6. The summed E-state index contributed by atoms with van der Waals surface area (Å²) in [7, 11) is 3.92. The number of aromatic carboxylic acids is 1. The lowest BCUT2D eigenvalue weighted by atomic mass is 10.1. The fourth-order valence-electron chi connectivity index (χ4n) is 3.87.